The van der Waals surface area contributed by atoms with Crippen molar-refractivity contribution in [3.63, 3.8) is 0 Å². The van der Waals surface area contributed by atoms with Crippen LogP contribution in [0.15, 0.2) is 12.4 Å². The lowest BCUT2D eigenvalue weighted by atomic mass is 9.79. The van der Waals surface area contributed by atoms with Crippen molar-refractivity contribution >= 4 is 0 Å². The van der Waals surface area contributed by atoms with Crippen LogP contribution in [0.25, 0.3) is 0 Å². The van der Waals surface area contributed by atoms with Crippen LogP contribution in [0, 0.1) is 5.92 Å². The van der Waals surface area contributed by atoms with Gasteiger partial charge in [0, 0.05) is 25.9 Å². The molecule has 12 heavy (non-hydrogen) atoms. The first-order chi connectivity index (χ1) is 5.77. The van der Waals surface area contributed by atoms with Gasteiger partial charge >= 0.3 is 0 Å². The lowest BCUT2D eigenvalue weighted by Gasteiger charge is -2.31. The van der Waals surface area contributed by atoms with Gasteiger partial charge in [-0.2, -0.15) is 0 Å². The van der Waals surface area contributed by atoms with Crippen molar-refractivity contribution < 1.29 is 5.11 Å². The zero-order valence-corrected chi connectivity index (χ0v) is 7.27. The number of hydrogen-bond donors (Lipinski definition) is 1. The SMILES string of the molecule is Cn1ccnc1CC1CCC1O. The summed E-state index contributed by atoms with van der Waals surface area (Å²) in [5.74, 6) is 1.53. The van der Waals surface area contributed by atoms with E-state index in [9.17, 15) is 5.11 Å². The van der Waals surface area contributed by atoms with Crippen LogP contribution < -0.4 is 0 Å². The minimum atomic E-state index is -0.0818. The lowest BCUT2D eigenvalue weighted by Crippen LogP contribution is -2.33. The maximum Gasteiger partial charge on any atom is 0.108 e. The molecule has 1 aliphatic rings. The molecule has 3 nitrogen and oxygen atoms in total. The summed E-state index contributed by atoms with van der Waals surface area (Å²) in [7, 11) is 1.99. The van der Waals surface area contributed by atoms with Crippen molar-refractivity contribution in [1.82, 2.24) is 9.55 Å². The summed E-state index contributed by atoms with van der Waals surface area (Å²) in [6, 6.07) is 0. The molecule has 1 saturated carbocycles. The second-order valence-corrected chi connectivity index (χ2v) is 3.56. The molecule has 1 aromatic rings. The standard InChI is InChI=1S/C9H14N2O/c1-11-5-4-10-9(11)6-7-2-3-8(7)12/h4-5,7-8,12H,2-3,6H2,1H3. The van der Waals surface area contributed by atoms with Crippen LogP contribution >= 0.6 is 0 Å². The number of hydrogen-bond acceptors (Lipinski definition) is 2. The number of nitrogens with zero attached hydrogens (tertiary/aromatic N) is 2. The Kier molecular flexibility index (Phi) is 1.89. The molecule has 0 amide bonds. The van der Waals surface area contributed by atoms with Gasteiger partial charge in [0.15, 0.2) is 0 Å². The Balaban J connectivity index is 1.99. The zero-order valence-electron chi connectivity index (χ0n) is 7.27. The van der Waals surface area contributed by atoms with Gasteiger partial charge in [-0.1, -0.05) is 0 Å². The monoisotopic (exact) mass is 166 g/mol. The van der Waals surface area contributed by atoms with E-state index in [4.69, 9.17) is 0 Å². The molecule has 0 saturated heterocycles. The van der Waals surface area contributed by atoms with Gasteiger partial charge in [-0.05, 0) is 18.8 Å². The van der Waals surface area contributed by atoms with Crippen LogP contribution in [0.3, 0.4) is 0 Å². The maximum atomic E-state index is 9.36. The average Bonchev–Trinajstić information content (AvgIpc) is 2.44. The summed E-state index contributed by atoms with van der Waals surface area (Å²) in [6.07, 6.45) is 6.70. The van der Waals surface area contributed by atoms with Crippen LogP contribution in [-0.2, 0) is 13.5 Å². The first kappa shape index (κ1) is 7.80. The Bertz CT molecular complexity index is 269. The molecule has 2 rings (SSSR count). The van der Waals surface area contributed by atoms with Gasteiger partial charge < -0.3 is 9.67 Å². The topological polar surface area (TPSA) is 38.0 Å². The molecule has 0 aromatic carbocycles. The number of imidazole rings is 1. The highest BCUT2D eigenvalue weighted by Crippen LogP contribution is 2.29. The van der Waals surface area contributed by atoms with Crippen LogP contribution in [-0.4, -0.2) is 20.8 Å². The highest BCUT2D eigenvalue weighted by atomic mass is 16.3. The van der Waals surface area contributed by atoms with Crippen LogP contribution in [0.1, 0.15) is 18.7 Å². The summed E-state index contributed by atoms with van der Waals surface area (Å²) in [6.45, 7) is 0. The molecule has 2 unspecified atom stereocenters. The van der Waals surface area contributed by atoms with Crippen molar-refractivity contribution in [3.8, 4) is 0 Å². The van der Waals surface area contributed by atoms with Crippen molar-refractivity contribution in [2.24, 2.45) is 13.0 Å². The summed E-state index contributed by atoms with van der Waals surface area (Å²) in [5, 5.41) is 9.36. The van der Waals surface area contributed by atoms with Crippen molar-refractivity contribution in [1.29, 1.82) is 0 Å². The fraction of sp³-hybridized carbons (Fsp3) is 0.667. The molecule has 0 bridgehead atoms. The third-order valence-corrected chi connectivity index (χ3v) is 2.74. The van der Waals surface area contributed by atoms with E-state index in [2.05, 4.69) is 4.98 Å². The highest BCUT2D eigenvalue weighted by Gasteiger charge is 2.29. The molecule has 3 heteroatoms. The summed E-state index contributed by atoms with van der Waals surface area (Å²) in [5.41, 5.74) is 0. The Morgan fingerprint density at radius 2 is 2.50 bits per heavy atom. The van der Waals surface area contributed by atoms with E-state index in [1.165, 1.54) is 0 Å². The first-order valence-corrected chi connectivity index (χ1v) is 4.41. The van der Waals surface area contributed by atoms with Gasteiger partial charge in [-0.25, -0.2) is 4.98 Å². The summed E-state index contributed by atoms with van der Waals surface area (Å²) >= 11 is 0. The van der Waals surface area contributed by atoms with E-state index in [1.807, 2.05) is 17.8 Å². The molecule has 0 spiro atoms. The van der Waals surface area contributed by atoms with E-state index in [1.54, 1.807) is 6.20 Å². The van der Waals surface area contributed by atoms with Gasteiger partial charge in [0.1, 0.15) is 5.82 Å². The smallest absolute Gasteiger partial charge is 0.108 e. The Morgan fingerprint density at radius 3 is 2.92 bits per heavy atom. The molecule has 0 radical (unpaired) electrons. The predicted molar refractivity (Wildman–Crippen MR) is 45.6 cm³/mol. The summed E-state index contributed by atoms with van der Waals surface area (Å²) < 4.78 is 2.02. The second-order valence-electron chi connectivity index (χ2n) is 3.56. The largest absolute Gasteiger partial charge is 0.393 e. The fourth-order valence-electron chi connectivity index (χ4n) is 1.62. The molecular weight excluding hydrogens is 152 g/mol. The normalized spacial score (nSPS) is 28.5. The van der Waals surface area contributed by atoms with Crippen LogP contribution in [0.2, 0.25) is 0 Å². The number of aliphatic hydroxyl groups is 1. The van der Waals surface area contributed by atoms with Gasteiger partial charge in [0.2, 0.25) is 0 Å². The third kappa shape index (κ3) is 1.25. The molecule has 1 heterocycles. The number of aliphatic hydroxyl groups excluding tert-OH is 1. The van der Waals surface area contributed by atoms with Gasteiger partial charge in [-0.3, -0.25) is 0 Å². The number of aryl methyl sites for hydroxylation is 1. The molecule has 0 aliphatic heterocycles. The molecule has 1 fully saturated rings. The van der Waals surface area contributed by atoms with Crippen LogP contribution in [0.5, 0.6) is 0 Å². The molecule has 2 atom stereocenters. The fourth-order valence-corrected chi connectivity index (χ4v) is 1.62. The quantitative estimate of drug-likeness (QED) is 0.703. The van der Waals surface area contributed by atoms with Gasteiger partial charge in [0.25, 0.3) is 0 Å². The highest BCUT2D eigenvalue weighted by molar-refractivity contribution is 4.96. The van der Waals surface area contributed by atoms with E-state index in [0.717, 1.165) is 25.1 Å². The molecule has 1 aliphatic carbocycles. The average molecular weight is 166 g/mol. The second kappa shape index (κ2) is 2.90. The molecule has 66 valence electrons. The zero-order chi connectivity index (χ0) is 8.55. The lowest BCUT2D eigenvalue weighted by molar-refractivity contribution is 0.0230. The summed E-state index contributed by atoms with van der Waals surface area (Å²) in [4.78, 5) is 4.22. The van der Waals surface area contributed by atoms with E-state index < -0.39 is 0 Å². The molecule has 1 aromatic heterocycles. The first-order valence-electron chi connectivity index (χ1n) is 4.41. The van der Waals surface area contributed by atoms with Crippen molar-refractivity contribution in [2.75, 3.05) is 0 Å². The van der Waals surface area contributed by atoms with E-state index >= 15 is 0 Å². The Labute approximate surface area is 72.0 Å². The minimum Gasteiger partial charge on any atom is -0.393 e. The van der Waals surface area contributed by atoms with Gasteiger partial charge in [-0.15, -0.1) is 0 Å². The minimum absolute atomic E-state index is 0.0818. The van der Waals surface area contributed by atoms with Gasteiger partial charge in [0.05, 0.1) is 6.10 Å². The maximum absolute atomic E-state index is 9.36. The Hall–Kier alpha value is -0.830. The number of aromatic nitrogens is 2. The number of rotatable bonds is 2. The van der Waals surface area contributed by atoms with Crippen LogP contribution in [0.4, 0.5) is 0 Å². The van der Waals surface area contributed by atoms with Crippen molar-refractivity contribution in [3.05, 3.63) is 18.2 Å². The Morgan fingerprint density at radius 1 is 1.67 bits per heavy atom. The van der Waals surface area contributed by atoms with E-state index in [-0.39, 0.29) is 6.10 Å². The van der Waals surface area contributed by atoms with Crippen molar-refractivity contribution in [2.45, 2.75) is 25.4 Å². The van der Waals surface area contributed by atoms with E-state index in [0.29, 0.717) is 5.92 Å². The predicted octanol–water partition coefficient (Wildman–Crippen LogP) is 0.733. The molecule has 1 N–H and O–H groups in total. The molecular formula is C9H14N2O. The third-order valence-electron chi connectivity index (χ3n) is 2.74.